The van der Waals surface area contributed by atoms with Gasteiger partial charge in [-0.2, -0.15) is 0 Å². The zero-order valence-corrected chi connectivity index (χ0v) is 7.61. The molecule has 0 saturated heterocycles. The molecular formula is C9H17NO. The molecule has 64 valence electrons. The third-order valence-electron chi connectivity index (χ3n) is 1.71. The van der Waals surface area contributed by atoms with E-state index in [1.165, 1.54) is 0 Å². The van der Waals surface area contributed by atoms with Gasteiger partial charge in [-0.05, 0) is 19.8 Å². The summed E-state index contributed by atoms with van der Waals surface area (Å²) in [7, 11) is 0. The summed E-state index contributed by atoms with van der Waals surface area (Å²) in [6.07, 6.45) is 1.96. The van der Waals surface area contributed by atoms with E-state index < -0.39 is 0 Å². The molecule has 0 saturated carbocycles. The lowest BCUT2D eigenvalue weighted by Crippen LogP contribution is -2.33. The van der Waals surface area contributed by atoms with Crippen LogP contribution in [0.2, 0.25) is 0 Å². The molecule has 2 heteroatoms. The minimum Gasteiger partial charge on any atom is -0.350 e. The van der Waals surface area contributed by atoms with Crippen LogP contribution in [0, 0.1) is 0 Å². The minimum absolute atomic E-state index is 0.0290. The highest BCUT2D eigenvalue weighted by Crippen LogP contribution is 1.97. The highest BCUT2D eigenvalue weighted by atomic mass is 16.1. The van der Waals surface area contributed by atoms with Crippen LogP contribution in [-0.2, 0) is 4.79 Å². The van der Waals surface area contributed by atoms with E-state index in [2.05, 4.69) is 25.7 Å². The Labute approximate surface area is 68.7 Å². The third kappa shape index (κ3) is 3.81. The van der Waals surface area contributed by atoms with E-state index in [-0.39, 0.29) is 5.91 Å². The van der Waals surface area contributed by atoms with Gasteiger partial charge in [-0.15, -0.1) is 0 Å². The lowest BCUT2D eigenvalue weighted by atomic mass is 10.1. The fourth-order valence-electron chi connectivity index (χ4n) is 0.801. The molecule has 1 amide bonds. The van der Waals surface area contributed by atoms with Gasteiger partial charge in [0.25, 0.3) is 0 Å². The molecule has 0 heterocycles. The Morgan fingerprint density at radius 1 is 1.45 bits per heavy atom. The summed E-state index contributed by atoms with van der Waals surface area (Å²) < 4.78 is 0. The van der Waals surface area contributed by atoms with Crippen molar-refractivity contribution in [2.45, 2.75) is 39.7 Å². The summed E-state index contributed by atoms with van der Waals surface area (Å²) in [6.45, 7) is 9.41. The maximum absolute atomic E-state index is 11.1. The molecule has 0 spiro atoms. The van der Waals surface area contributed by atoms with Gasteiger partial charge in [-0.3, -0.25) is 4.79 Å². The number of carbonyl (C=O) groups is 1. The Bertz CT molecular complexity index is 148. The summed E-state index contributed by atoms with van der Waals surface area (Å²) in [5, 5.41) is 2.88. The van der Waals surface area contributed by atoms with Crippen molar-refractivity contribution in [2.75, 3.05) is 0 Å². The monoisotopic (exact) mass is 155 g/mol. The largest absolute Gasteiger partial charge is 0.350 e. The molecule has 0 aromatic heterocycles. The van der Waals surface area contributed by atoms with Gasteiger partial charge in [0.15, 0.2) is 0 Å². The molecule has 0 unspecified atom stereocenters. The van der Waals surface area contributed by atoms with E-state index in [1.54, 1.807) is 6.92 Å². The van der Waals surface area contributed by atoms with Gasteiger partial charge in [0.1, 0.15) is 0 Å². The molecular weight excluding hydrogens is 138 g/mol. The molecule has 0 aromatic carbocycles. The number of hydrogen-bond donors (Lipinski definition) is 1. The van der Waals surface area contributed by atoms with Gasteiger partial charge < -0.3 is 5.32 Å². The first-order valence-electron chi connectivity index (χ1n) is 4.08. The molecule has 0 aromatic rings. The topological polar surface area (TPSA) is 29.1 Å². The van der Waals surface area contributed by atoms with Crippen molar-refractivity contribution < 1.29 is 4.79 Å². The molecule has 0 radical (unpaired) electrons. The predicted octanol–water partition coefficient (Wildman–Crippen LogP) is 1.87. The van der Waals surface area contributed by atoms with Crippen LogP contribution in [0.15, 0.2) is 12.2 Å². The van der Waals surface area contributed by atoms with Crippen molar-refractivity contribution in [3.05, 3.63) is 12.2 Å². The molecule has 1 N–H and O–H groups in total. The van der Waals surface area contributed by atoms with Crippen LogP contribution in [0.4, 0.5) is 0 Å². The van der Waals surface area contributed by atoms with Crippen molar-refractivity contribution in [2.24, 2.45) is 0 Å². The predicted molar refractivity (Wildman–Crippen MR) is 47.3 cm³/mol. The lowest BCUT2D eigenvalue weighted by molar-refractivity contribution is -0.118. The summed E-state index contributed by atoms with van der Waals surface area (Å²) in [4.78, 5) is 11.1. The van der Waals surface area contributed by atoms with Gasteiger partial charge in [-0.1, -0.05) is 20.4 Å². The highest BCUT2D eigenvalue weighted by Gasteiger charge is 2.07. The SMILES string of the molecule is C=C(C)C(=O)NC(CC)CC. The fourth-order valence-corrected chi connectivity index (χ4v) is 0.801. The van der Waals surface area contributed by atoms with Crippen molar-refractivity contribution in [3.8, 4) is 0 Å². The second-order valence-corrected chi connectivity index (χ2v) is 2.77. The van der Waals surface area contributed by atoms with E-state index >= 15 is 0 Å². The van der Waals surface area contributed by atoms with Crippen molar-refractivity contribution >= 4 is 5.91 Å². The second-order valence-electron chi connectivity index (χ2n) is 2.77. The van der Waals surface area contributed by atoms with E-state index in [1.807, 2.05) is 0 Å². The smallest absolute Gasteiger partial charge is 0.246 e. The molecule has 0 aliphatic carbocycles. The molecule has 0 atom stereocenters. The van der Waals surface area contributed by atoms with Gasteiger partial charge >= 0.3 is 0 Å². The fraction of sp³-hybridized carbons (Fsp3) is 0.667. The maximum atomic E-state index is 11.1. The van der Waals surface area contributed by atoms with Crippen LogP contribution < -0.4 is 5.32 Å². The number of carbonyl (C=O) groups excluding carboxylic acids is 1. The Morgan fingerprint density at radius 2 is 1.91 bits per heavy atom. The Hall–Kier alpha value is -0.790. The van der Waals surface area contributed by atoms with Crippen molar-refractivity contribution in [1.82, 2.24) is 5.32 Å². The molecule has 0 aliphatic rings. The van der Waals surface area contributed by atoms with Crippen molar-refractivity contribution in [3.63, 3.8) is 0 Å². The number of nitrogens with one attached hydrogen (secondary N) is 1. The van der Waals surface area contributed by atoms with Crippen LogP contribution >= 0.6 is 0 Å². The van der Waals surface area contributed by atoms with Crippen LogP contribution in [0.3, 0.4) is 0 Å². The van der Waals surface area contributed by atoms with Crippen molar-refractivity contribution in [1.29, 1.82) is 0 Å². The first-order chi connectivity index (χ1) is 5.11. The summed E-state index contributed by atoms with van der Waals surface area (Å²) >= 11 is 0. The zero-order valence-electron chi connectivity index (χ0n) is 7.61. The standard InChI is InChI=1S/C9H17NO/c1-5-8(6-2)10-9(11)7(3)4/h8H,3,5-6H2,1-2,4H3,(H,10,11). The van der Waals surface area contributed by atoms with E-state index in [9.17, 15) is 4.79 Å². The van der Waals surface area contributed by atoms with E-state index in [0.29, 0.717) is 11.6 Å². The molecule has 2 nitrogen and oxygen atoms in total. The summed E-state index contributed by atoms with van der Waals surface area (Å²) in [5.74, 6) is -0.0290. The Kier molecular flexibility index (Phi) is 4.59. The molecule has 0 fully saturated rings. The first kappa shape index (κ1) is 10.2. The molecule has 0 rings (SSSR count). The maximum Gasteiger partial charge on any atom is 0.246 e. The molecule has 0 aliphatic heterocycles. The Balaban J connectivity index is 3.81. The number of rotatable bonds is 4. The Morgan fingerprint density at radius 3 is 2.18 bits per heavy atom. The van der Waals surface area contributed by atoms with Crippen LogP contribution in [0.25, 0.3) is 0 Å². The van der Waals surface area contributed by atoms with E-state index in [4.69, 9.17) is 0 Å². The van der Waals surface area contributed by atoms with Gasteiger partial charge in [0, 0.05) is 11.6 Å². The highest BCUT2D eigenvalue weighted by molar-refractivity contribution is 5.92. The quantitative estimate of drug-likeness (QED) is 0.617. The summed E-state index contributed by atoms with van der Waals surface area (Å²) in [6, 6.07) is 0.305. The van der Waals surface area contributed by atoms with Crippen LogP contribution in [0.5, 0.6) is 0 Å². The lowest BCUT2D eigenvalue weighted by Gasteiger charge is -2.13. The minimum atomic E-state index is -0.0290. The number of hydrogen-bond acceptors (Lipinski definition) is 1. The van der Waals surface area contributed by atoms with Crippen LogP contribution in [0.1, 0.15) is 33.6 Å². The average molecular weight is 155 g/mol. The molecule has 0 bridgehead atoms. The van der Waals surface area contributed by atoms with Gasteiger partial charge in [0.05, 0.1) is 0 Å². The first-order valence-corrected chi connectivity index (χ1v) is 4.08. The normalized spacial score (nSPS) is 9.82. The summed E-state index contributed by atoms with van der Waals surface area (Å²) in [5.41, 5.74) is 0.580. The van der Waals surface area contributed by atoms with Gasteiger partial charge in [-0.25, -0.2) is 0 Å². The molecule has 11 heavy (non-hydrogen) atoms. The second kappa shape index (κ2) is 4.94. The number of amides is 1. The van der Waals surface area contributed by atoms with Gasteiger partial charge in [0.2, 0.25) is 5.91 Å². The van der Waals surface area contributed by atoms with Crippen LogP contribution in [-0.4, -0.2) is 11.9 Å². The zero-order chi connectivity index (χ0) is 8.85. The third-order valence-corrected chi connectivity index (χ3v) is 1.71. The average Bonchev–Trinajstić information content (AvgIpc) is 1.99. The van der Waals surface area contributed by atoms with E-state index in [0.717, 1.165) is 12.8 Å².